The monoisotopic (exact) mass is 522 g/mol. The molecule has 0 aliphatic heterocycles. The number of alkyl halides is 1. The van der Waals surface area contributed by atoms with E-state index < -0.39 is 63.9 Å². The topological polar surface area (TPSA) is 110 Å². The number of carboxylic acids is 1. The molecular formula is C28H36F2O7. The van der Waals surface area contributed by atoms with E-state index >= 15 is 8.78 Å². The molecule has 9 heteroatoms. The van der Waals surface area contributed by atoms with E-state index in [9.17, 15) is 24.6 Å². The summed E-state index contributed by atoms with van der Waals surface area (Å²) in [5.41, 5.74) is -7.29. The van der Waals surface area contributed by atoms with Crippen molar-refractivity contribution in [2.24, 2.45) is 34.5 Å². The minimum atomic E-state index is -2.32. The van der Waals surface area contributed by atoms with Crippen molar-refractivity contribution >= 4 is 17.9 Å². The highest BCUT2D eigenvalue weighted by molar-refractivity contribution is 5.93. The zero-order chi connectivity index (χ0) is 27.0. The zero-order valence-electron chi connectivity index (χ0n) is 21.6. The number of ether oxygens (including phenoxy) is 2. The molecule has 7 nitrogen and oxygen atoms in total. The van der Waals surface area contributed by atoms with Gasteiger partial charge in [-0.2, -0.15) is 0 Å². The van der Waals surface area contributed by atoms with Crippen LogP contribution in [0, 0.1) is 34.5 Å². The van der Waals surface area contributed by atoms with E-state index in [1.165, 1.54) is 19.1 Å². The van der Waals surface area contributed by atoms with E-state index in [2.05, 4.69) is 0 Å². The van der Waals surface area contributed by atoms with Crippen molar-refractivity contribution < 1.29 is 42.9 Å². The molecule has 2 N–H and O–H groups in total. The molecule has 5 aliphatic rings. The lowest BCUT2D eigenvalue weighted by Gasteiger charge is -2.61. The van der Waals surface area contributed by atoms with Crippen LogP contribution in [0.3, 0.4) is 0 Å². The van der Waals surface area contributed by atoms with E-state index in [0.717, 1.165) is 25.7 Å². The molecule has 0 radical (unpaired) electrons. The molecule has 8 atom stereocenters. The Morgan fingerprint density at radius 3 is 2.51 bits per heavy atom. The van der Waals surface area contributed by atoms with Crippen LogP contribution in [-0.2, 0) is 19.1 Å². The van der Waals surface area contributed by atoms with Gasteiger partial charge in [0.2, 0.25) is 5.60 Å². The maximum absolute atomic E-state index is 17.3. The van der Waals surface area contributed by atoms with E-state index in [1.54, 1.807) is 13.8 Å². The van der Waals surface area contributed by atoms with Crippen molar-refractivity contribution in [2.75, 3.05) is 6.61 Å². The fourth-order valence-electron chi connectivity index (χ4n) is 8.74. The third-order valence-electron chi connectivity index (χ3n) is 10.7. The van der Waals surface area contributed by atoms with Gasteiger partial charge in [0.1, 0.15) is 5.83 Å². The van der Waals surface area contributed by atoms with Crippen LogP contribution in [0.1, 0.15) is 72.1 Å². The number of rotatable bonds is 4. The Labute approximate surface area is 215 Å². The smallest absolute Gasteiger partial charge is 0.478 e. The zero-order valence-corrected chi connectivity index (χ0v) is 21.6. The number of hydrogen-bond donors (Lipinski definition) is 2. The Balaban J connectivity index is 1.51. The van der Waals surface area contributed by atoms with Gasteiger partial charge in [0.25, 0.3) is 0 Å². The number of aliphatic carboxylic acids is 1. The average molecular weight is 523 g/mol. The highest BCUT2D eigenvalue weighted by atomic mass is 19.1. The molecule has 0 aromatic rings. The van der Waals surface area contributed by atoms with Gasteiger partial charge in [-0.3, -0.25) is 4.79 Å². The molecule has 37 heavy (non-hydrogen) atoms. The summed E-state index contributed by atoms with van der Waals surface area (Å²) in [6.45, 7) is 4.88. The lowest BCUT2D eigenvalue weighted by atomic mass is 9.45. The molecule has 0 saturated heterocycles. The van der Waals surface area contributed by atoms with Crippen LogP contribution in [0.15, 0.2) is 23.6 Å². The van der Waals surface area contributed by atoms with Crippen molar-refractivity contribution in [1.29, 1.82) is 0 Å². The van der Waals surface area contributed by atoms with Gasteiger partial charge < -0.3 is 19.7 Å². The fraction of sp³-hybridized carbons (Fsp3) is 0.750. The predicted octanol–water partition coefficient (Wildman–Crippen LogP) is 5.07. The number of aliphatic hydroxyl groups excluding tert-OH is 1. The van der Waals surface area contributed by atoms with Crippen LogP contribution < -0.4 is 0 Å². The lowest BCUT2D eigenvalue weighted by Crippen LogP contribution is -2.69. The lowest BCUT2D eigenvalue weighted by molar-refractivity contribution is -0.226. The van der Waals surface area contributed by atoms with Crippen molar-refractivity contribution in [3.8, 4) is 0 Å². The van der Waals surface area contributed by atoms with Gasteiger partial charge in [0.15, 0.2) is 11.5 Å². The normalized spacial score (nSPS) is 45.3. The molecule has 3 fully saturated rings. The second-order valence-electron chi connectivity index (χ2n) is 12.4. The molecule has 0 heterocycles. The highest BCUT2D eigenvalue weighted by Gasteiger charge is 2.78. The van der Waals surface area contributed by atoms with E-state index in [1.807, 2.05) is 0 Å². The molecular weight excluding hydrogens is 486 g/mol. The summed E-state index contributed by atoms with van der Waals surface area (Å²) < 4.78 is 43.8. The summed E-state index contributed by atoms with van der Waals surface area (Å²) in [5.74, 6) is -4.61. The summed E-state index contributed by atoms with van der Waals surface area (Å²) >= 11 is 0. The van der Waals surface area contributed by atoms with Crippen molar-refractivity contribution in [2.45, 2.75) is 89.5 Å². The number of ketones is 1. The summed E-state index contributed by atoms with van der Waals surface area (Å²) in [6, 6.07) is 0. The summed E-state index contributed by atoms with van der Waals surface area (Å²) in [6.07, 6.45) is 3.06. The van der Waals surface area contributed by atoms with Gasteiger partial charge in [-0.15, -0.1) is 0 Å². The molecule has 0 bridgehead atoms. The largest absolute Gasteiger partial charge is 0.509 e. The van der Waals surface area contributed by atoms with Crippen LogP contribution in [-0.4, -0.2) is 52.1 Å². The van der Waals surface area contributed by atoms with Gasteiger partial charge in [-0.1, -0.05) is 32.8 Å². The number of halogens is 2. The molecule has 0 spiro atoms. The Morgan fingerprint density at radius 2 is 1.86 bits per heavy atom. The van der Waals surface area contributed by atoms with Crippen LogP contribution in [0.25, 0.3) is 0 Å². The minimum absolute atomic E-state index is 0.0451. The Hall–Kier alpha value is -2.29. The molecule has 0 unspecified atom stereocenters. The molecule has 0 aromatic heterocycles. The van der Waals surface area contributed by atoms with Crippen molar-refractivity contribution in [3.63, 3.8) is 0 Å². The molecule has 5 rings (SSSR count). The number of carbonyl (C=O) groups is 3. The average Bonchev–Trinajstić information content (AvgIpc) is 3.42. The maximum atomic E-state index is 17.3. The van der Waals surface area contributed by atoms with Crippen molar-refractivity contribution in [3.05, 3.63) is 23.6 Å². The first-order valence-electron chi connectivity index (χ1n) is 13.4. The molecule has 204 valence electrons. The summed E-state index contributed by atoms with van der Waals surface area (Å²) in [5, 5.41) is 21.9. The number of allylic oxidation sites excluding steroid dienone is 4. The third kappa shape index (κ3) is 3.41. The summed E-state index contributed by atoms with van der Waals surface area (Å²) in [7, 11) is 0. The van der Waals surface area contributed by atoms with E-state index in [0.29, 0.717) is 0 Å². The van der Waals surface area contributed by atoms with Crippen LogP contribution in [0.5, 0.6) is 0 Å². The Kier molecular flexibility index (Phi) is 6.13. The fourth-order valence-corrected chi connectivity index (χ4v) is 8.74. The summed E-state index contributed by atoms with van der Waals surface area (Å²) in [4.78, 5) is 37.7. The Morgan fingerprint density at radius 1 is 1.19 bits per heavy atom. The number of fused-ring (bicyclic) bond motifs is 5. The maximum Gasteiger partial charge on any atom is 0.509 e. The minimum Gasteiger partial charge on any atom is -0.478 e. The van der Waals surface area contributed by atoms with E-state index in [-0.39, 0.29) is 49.6 Å². The SMILES string of the molecule is C[C@@H]1C[C@H]2[C@@H]3CC(F)=C4CC(=O)C=C[C@]4(C)[C@@]3(F)[C@@H](O)C[C@]2(C)[C@@]1(OC(=O)OCC1CCCC1)C(=O)O. The van der Waals surface area contributed by atoms with Crippen LogP contribution in [0.2, 0.25) is 0 Å². The van der Waals surface area contributed by atoms with E-state index in [4.69, 9.17) is 9.47 Å². The van der Waals surface area contributed by atoms with Crippen molar-refractivity contribution in [1.82, 2.24) is 0 Å². The second kappa shape index (κ2) is 8.61. The Bertz CT molecular complexity index is 1080. The second-order valence-corrected chi connectivity index (χ2v) is 12.4. The number of aliphatic hydroxyl groups is 1. The molecule has 0 amide bonds. The van der Waals surface area contributed by atoms with Gasteiger partial charge in [-0.05, 0) is 56.1 Å². The van der Waals surface area contributed by atoms with Gasteiger partial charge in [0, 0.05) is 35.5 Å². The predicted molar refractivity (Wildman–Crippen MR) is 128 cm³/mol. The molecule has 0 aromatic carbocycles. The van der Waals surface area contributed by atoms with Gasteiger partial charge in [-0.25, -0.2) is 18.4 Å². The molecule has 3 saturated carbocycles. The number of carboxylic acid groups (broad SMARTS) is 1. The quantitative estimate of drug-likeness (QED) is 0.496. The number of hydrogen-bond acceptors (Lipinski definition) is 6. The highest BCUT2D eigenvalue weighted by Crippen LogP contribution is 2.71. The van der Waals surface area contributed by atoms with Gasteiger partial charge >= 0.3 is 12.1 Å². The van der Waals surface area contributed by atoms with Crippen LogP contribution in [0.4, 0.5) is 13.6 Å². The number of carbonyl (C=O) groups excluding carboxylic acids is 2. The van der Waals surface area contributed by atoms with Crippen LogP contribution >= 0.6 is 0 Å². The first kappa shape index (κ1) is 26.3. The van der Waals surface area contributed by atoms with Gasteiger partial charge in [0.05, 0.1) is 12.7 Å². The molecule has 5 aliphatic carbocycles. The first-order chi connectivity index (χ1) is 17.3. The first-order valence-corrected chi connectivity index (χ1v) is 13.4. The standard InChI is InChI=1S/C28H36F2O7/c1-15-10-18-19-12-21(29)20-11-17(31)8-9-25(20,2)27(19,30)22(32)13-26(18,3)28(15,23(33)34)37-24(35)36-14-16-6-4-5-7-16/h8-9,15-16,18-19,22,32H,4-7,10-14H2,1-3H3,(H,33,34)/t15-,18+,19+,22+,25+,26+,27+,28+/m1/s1. The third-order valence-corrected chi connectivity index (χ3v) is 10.7.